The highest BCUT2D eigenvalue weighted by atomic mass is 35.5. The van der Waals surface area contributed by atoms with E-state index in [1.54, 1.807) is 23.1 Å². The van der Waals surface area contributed by atoms with Crippen LogP contribution in [0.25, 0.3) is 16.4 Å². The molecule has 1 atom stereocenters. The minimum absolute atomic E-state index is 0.00672. The van der Waals surface area contributed by atoms with Gasteiger partial charge < -0.3 is 16.1 Å². The first-order valence-electron chi connectivity index (χ1n) is 13.4. The number of alkyl halides is 2. The molecule has 0 amide bonds. The number of terminal acetylenes is 1. The predicted molar refractivity (Wildman–Crippen MR) is 158 cm³/mol. The van der Waals surface area contributed by atoms with E-state index >= 15 is 0 Å². The van der Waals surface area contributed by atoms with Gasteiger partial charge in [-0.15, -0.1) is 12.0 Å². The van der Waals surface area contributed by atoms with Crippen molar-refractivity contribution in [2.45, 2.75) is 51.6 Å². The topological polar surface area (TPSA) is 81.6 Å². The van der Waals surface area contributed by atoms with Crippen LogP contribution in [0.5, 0.6) is 0 Å². The number of hydrazine groups is 2. The Morgan fingerprint density at radius 3 is 2.76 bits per heavy atom. The van der Waals surface area contributed by atoms with E-state index in [-0.39, 0.29) is 5.41 Å². The van der Waals surface area contributed by atoms with Crippen LogP contribution in [0.1, 0.15) is 50.8 Å². The van der Waals surface area contributed by atoms with E-state index in [0.29, 0.717) is 46.9 Å². The zero-order valence-corrected chi connectivity index (χ0v) is 23.7. The predicted octanol–water partition coefficient (Wildman–Crippen LogP) is 6.09. The molecular weight excluding hydrogens is 546 g/mol. The lowest BCUT2D eigenvalue weighted by Crippen LogP contribution is -2.48. The Labute approximate surface area is 242 Å². The Hall–Kier alpha value is -4.07. The first kappa shape index (κ1) is 27.1. The lowest BCUT2D eigenvalue weighted by atomic mass is 9.96. The first-order valence-corrected chi connectivity index (χ1v) is 13.8. The van der Waals surface area contributed by atoms with Crippen LogP contribution >= 0.6 is 11.6 Å². The average Bonchev–Trinajstić information content (AvgIpc) is 3.35. The Balaban J connectivity index is 1.44. The Morgan fingerprint density at radius 2 is 2.05 bits per heavy atom. The molecule has 2 aliphatic rings. The maximum absolute atomic E-state index is 13.9. The minimum atomic E-state index is -2.48. The van der Waals surface area contributed by atoms with E-state index in [0.717, 1.165) is 22.2 Å². The molecule has 1 fully saturated rings. The summed E-state index contributed by atoms with van der Waals surface area (Å²) in [6.45, 7) is 7.10. The first-order chi connectivity index (χ1) is 19.6. The number of pyridine rings is 2. The molecular formula is C30H31ClF2N8. The van der Waals surface area contributed by atoms with Crippen LogP contribution in [0, 0.1) is 17.8 Å². The maximum atomic E-state index is 13.9. The Kier molecular flexibility index (Phi) is 6.67. The van der Waals surface area contributed by atoms with Gasteiger partial charge >= 0.3 is 0 Å². The van der Waals surface area contributed by atoms with Gasteiger partial charge in [-0.1, -0.05) is 44.4 Å². The molecule has 0 spiro atoms. The molecule has 11 heteroatoms. The molecule has 212 valence electrons. The smallest absolute Gasteiger partial charge is 0.262 e. The highest BCUT2D eigenvalue weighted by molar-refractivity contribution is 6.35. The van der Waals surface area contributed by atoms with Crippen molar-refractivity contribution in [3.8, 4) is 12.3 Å². The number of benzene rings is 1. The van der Waals surface area contributed by atoms with Crippen LogP contribution in [0.15, 0.2) is 60.8 Å². The van der Waals surface area contributed by atoms with Gasteiger partial charge in [-0.25, -0.2) is 13.3 Å². The van der Waals surface area contributed by atoms with Crippen molar-refractivity contribution >= 4 is 39.4 Å². The second kappa shape index (κ2) is 10.1. The highest BCUT2D eigenvalue weighted by Crippen LogP contribution is 2.47. The van der Waals surface area contributed by atoms with Crippen molar-refractivity contribution < 1.29 is 8.78 Å². The average molecular weight is 577 g/mol. The van der Waals surface area contributed by atoms with Crippen molar-refractivity contribution in [1.82, 2.24) is 30.6 Å². The number of hydrogen-bond acceptors (Lipinski definition) is 7. The number of aromatic nitrogens is 3. The molecule has 6 rings (SSSR count). The number of nitrogens with one attached hydrogen (secondary N) is 4. The second-order valence-electron chi connectivity index (χ2n) is 11.8. The molecule has 1 aromatic carbocycles. The summed E-state index contributed by atoms with van der Waals surface area (Å²) >= 11 is 6.78. The largest absolute Gasteiger partial charge is 0.383 e. The number of halogens is 3. The third-order valence-corrected chi connectivity index (χ3v) is 7.80. The van der Waals surface area contributed by atoms with Gasteiger partial charge in [0.2, 0.25) is 0 Å². The maximum Gasteiger partial charge on any atom is 0.262 e. The van der Waals surface area contributed by atoms with E-state index < -0.39 is 18.0 Å². The third kappa shape index (κ3) is 5.00. The van der Waals surface area contributed by atoms with Gasteiger partial charge in [-0.3, -0.25) is 9.99 Å². The van der Waals surface area contributed by atoms with Gasteiger partial charge in [0.05, 0.1) is 39.0 Å². The van der Waals surface area contributed by atoms with Crippen LogP contribution in [0.3, 0.4) is 0 Å². The summed E-state index contributed by atoms with van der Waals surface area (Å²) in [5, 5.41) is 14.2. The van der Waals surface area contributed by atoms with Crippen molar-refractivity contribution in [2.75, 3.05) is 17.2 Å². The number of hydrogen-bond donors (Lipinski definition) is 4. The standard InChI is InChI=1S/C30H31ClF2N8/c1-5-18-15-34-26-21(25(18)35-17-29(2,3)4)13-19(14-22(26)31)37-27(20-7-6-12-40-24(20)8-11-36-40)23-16-41(39-38-23)30(9-10-30)28(32)33/h1,6-8,11-16,27-28,37-39H,9-10,17H2,2-4H3,(H,34,35)/t27-/m0/s1. The van der Waals surface area contributed by atoms with E-state index in [2.05, 4.69) is 58.4 Å². The number of nitrogens with zero attached hydrogens (tertiary/aromatic N) is 4. The van der Waals surface area contributed by atoms with E-state index in [4.69, 9.17) is 18.0 Å². The van der Waals surface area contributed by atoms with Crippen LogP contribution in [-0.4, -0.2) is 38.1 Å². The van der Waals surface area contributed by atoms with E-state index in [9.17, 15) is 8.78 Å². The monoisotopic (exact) mass is 576 g/mol. The quantitative estimate of drug-likeness (QED) is 0.189. The van der Waals surface area contributed by atoms with Crippen molar-refractivity contribution in [1.29, 1.82) is 0 Å². The summed E-state index contributed by atoms with van der Waals surface area (Å²) in [5.74, 6) is 2.73. The number of anilines is 2. The summed E-state index contributed by atoms with van der Waals surface area (Å²) in [4.78, 5) is 4.54. The molecule has 1 saturated carbocycles. The lowest BCUT2D eigenvalue weighted by Gasteiger charge is -2.25. The second-order valence-corrected chi connectivity index (χ2v) is 12.2. The molecule has 0 unspecified atom stereocenters. The molecule has 4 heterocycles. The fourth-order valence-electron chi connectivity index (χ4n) is 5.11. The summed E-state index contributed by atoms with van der Waals surface area (Å²) in [5.41, 5.74) is 10.1. The fraction of sp³-hybridized carbons (Fsp3) is 0.333. The van der Waals surface area contributed by atoms with Crippen molar-refractivity contribution in [2.24, 2.45) is 5.41 Å². The van der Waals surface area contributed by atoms with Gasteiger partial charge in [-0.2, -0.15) is 5.10 Å². The van der Waals surface area contributed by atoms with Gasteiger partial charge in [0.25, 0.3) is 6.43 Å². The molecule has 0 bridgehead atoms. The molecule has 4 aromatic rings. The van der Waals surface area contributed by atoms with E-state index in [1.807, 2.05) is 36.5 Å². The van der Waals surface area contributed by atoms with Crippen LogP contribution in [-0.2, 0) is 0 Å². The van der Waals surface area contributed by atoms with Crippen LogP contribution in [0.2, 0.25) is 5.02 Å². The zero-order chi connectivity index (χ0) is 28.9. The minimum Gasteiger partial charge on any atom is -0.383 e. The molecule has 0 radical (unpaired) electrons. The fourth-order valence-corrected chi connectivity index (χ4v) is 5.38. The summed E-state index contributed by atoms with van der Waals surface area (Å²) in [6.07, 6.45) is 11.1. The number of rotatable bonds is 8. The highest BCUT2D eigenvalue weighted by Gasteiger charge is 2.56. The molecule has 1 aliphatic carbocycles. The van der Waals surface area contributed by atoms with Crippen molar-refractivity contribution in [3.05, 3.63) is 77.0 Å². The summed E-state index contributed by atoms with van der Waals surface area (Å²) in [7, 11) is 0. The molecule has 0 saturated heterocycles. The number of fused-ring (bicyclic) bond motifs is 2. The summed E-state index contributed by atoms with van der Waals surface area (Å²) in [6, 6.07) is 9.10. The van der Waals surface area contributed by atoms with Gasteiger partial charge in [0, 0.05) is 48.0 Å². The lowest BCUT2D eigenvalue weighted by molar-refractivity contribution is 0.00911. The third-order valence-electron chi connectivity index (χ3n) is 7.52. The van der Waals surface area contributed by atoms with Gasteiger partial charge in [0.1, 0.15) is 5.54 Å². The Morgan fingerprint density at radius 1 is 1.24 bits per heavy atom. The van der Waals surface area contributed by atoms with Crippen LogP contribution in [0.4, 0.5) is 20.2 Å². The molecule has 1 aliphatic heterocycles. The summed E-state index contributed by atoms with van der Waals surface area (Å²) < 4.78 is 29.6. The van der Waals surface area contributed by atoms with Crippen molar-refractivity contribution in [3.63, 3.8) is 0 Å². The normalized spacial score (nSPS) is 16.9. The van der Waals surface area contributed by atoms with E-state index in [1.165, 1.54) is 5.01 Å². The molecule has 8 nitrogen and oxygen atoms in total. The SMILES string of the molecule is C#Cc1cnc2c(Cl)cc(N[C@H](C3=CN(C4(C(F)F)CC4)NN3)c3cccn4nccc34)cc2c1NCC(C)(C)C. The molecule has 4 N–H and O–H groups in total. The van der Waals surface area contributed by atoms with Gasteiger partial charge in [0.15, 0.2) is 0 Å². The zero-order valence-electron chi connectivity index (χ0n) is 23.0. The van der Waals surface area contributed by atoms with Gasteiger partial charge in [-0.05, 0) is 42.5 Å². The molecule has 41 heavy (non-hydrogen) atoms. The van der Waals surface area contributed by atoms with Crippen LogP contribution < -0.4 is 21.6 Å². The molecule has 3 aromatic heterocycles. The Bertz CT molecular complexity index is 1700.